The molecule has 1 N–H and O–H groups in total. The molecular formula is C20H23N5O3S. The molecule has 1 aliphatic rings. The summed E-state index contributed by atoms with van der Waals surface area (Å²) in [6.07, 6.45) is 9.42. The maximum atomic E-state index is 13.3. The fraction of sp³-hybridized carbons (Fsp3) is 0.350. The number of carbonyl (C=O) groups is 1. The summed E-state index contributed by atoms with van der Waals surface area (Å²) in [4.78, 5) is 20.6. The number of hydrogen-bond acceptors (Lipinski definition) is 5. The standard InChI is InChI=1S/C20H23N5O3S/c1-15-11-22-12-16-3-2-4-18(20(15)16)29(27,28)25-9-5-17(13-25)23-19(26)6-8-24-10-7-21-14-24/h2-4,7,10-12,14,17H,5-6,8-9,13H2,1H3,(H,23,26)/t17-/m0/s1. The maximum absolute atomic E-state index is 13.3. The molecule has 0 spiro atoms. The lowest BCUT2D eigenvalue weighted by molar-refractivity contribution is -0.121. The highest BCUT2D eigenvalue weighted by molar-refractivity contribution is 7.89. The van der Waals surface area contributed by atoms with Gasteiger partial charge in [0.2, 0.25) is 15.9 Å². The fourth-order valence-electron chi connectivity index (χ4n) is 3.74. The lowest BCUT2D eigenvalue weighted by Crippen LogP contribution is -2.38. The molecule has 0 saturated carbocycles. The van der Waals surface area contributed by atoms with Crippen molar-refractivity contribution in [2.45, 2.75) is 37.2 Å². The van der Waals surface area contributed by atoms with E-state index >= 15 is 0 Å². The minimum absolute atomic E-state index is 0.0879. The van der Waals surface area contributed by atoms with Gasteiger partial charge in [0.1, 0.15) is 0 Å². The van der Waals surface area contributed by atoms with Crippen molar-refractivity contribution in [3.8, 4) is 0 Å². The Bertz CT molecular complexity index is 1120. The van der Waals surface area contributed by atoms with Gasteiger partial charge >= 0.3 is 0 Å². The first-order valence-electron chi connectivity index (χ1n) is 9.54. The second-order valence-electron chi connectivity index (χ2n) is 7.28. The predicted octanol–water partition coefficient (Wildman–Crippen LogP) is 1.71. The van der Waals surface area contributed by atoms with E-state index in [1.165, 1.54) is 4.31 Å². The van der Waals surface area contributed by atoms with Crippen LogP contribution in [-0.2, 0) is 21.4 Å². The molecule has 1 atom stereocenters. The summed E-state index contributed by atoms with van der Waals surface area (Å²) in [7, 11) is -3.66. The highest BCUT2D eigenvalue weighted by atomic mass is 32.2. The second kappa shape index (κ2) is 7.92. The Morgan fingerprint density at radius 2 is 2.14 bits per heavy atom. The van der Waals surface area contributed by atoms with E-state index in [1.807, 2.05) is 17.6 Å². The molecule has 0 aliphatic carbocycles. The SMILES string of the molecule is Cc1cncc2cccc(S(=O)(=O)N3CC[C@H](NC(=O)CCn4ccnc4)C3)c12. The molecule has 3 heterocycles. The Labute approximate surface area is 169 Å². The van der Waals surface area contributed by atoms with Crippen LogP contribution < -0.4 is 5.32 Å². The smallest absolute Gasteiger partial charge is 0.243 e. The van der Waals surface area contributed by atoms with E-state index < -0.39 is 10.0 Å². The number of nitrogens with one attached hydrogen (secondary N) is 1. The van der Waals surface area contributed by atoms with Crippen LogP contribution in [0, 0.1) is 6.92 Å². The third kappa shape index (κ3) is 4.01. The lowest BCUT2D eigenvalue weighted by Gasteiger charge is -2.19. The zero-order valence-electron chi connectivity index (χ0n) is 16.2. The van der Waals surface area contributed by atoms with Gasteiger partial charge in [-0.2, -0.15) is 4.31 Å². The van der Waals surface area contributed by atoms with Gasteiger partial charge in [-0.25, -0.2) is 13.4 Å². The van der Waals surface area contributed by atoms with Crippen molar-refractivity contribution in [1.82, 2.24) is 24.2 Å². The molecule has 9 heteroatoms. The van der Waals surface area contributed by atoms with Gasteiger partial charge in [-0.3, -0.25) is 9.78 Å². The highest BCUT2D eigenvalue weighted by Gasteiger charge is 2.34. The molecule has 1 fully saturated rings. The molecule has 0 radical (unpaired) electrons. The number of amides is 1. The number of hydrogen-bond donors (Lipinski definition) is 1. The molecule has 4 rings (SSSR count). The molecule has 1 amide bonds. The van der Waals surface area contributed by atoms with E-state index in [9.17, 15) is 13.2 Å². The topological polar surface area (TPSA) is 97.2 Å². The van der Waals surface area contributed by atoms with Crippen LogP contribution in [0.4, 0.5) is 0 Å². The van der Waals surface area contributed by atoms with Crippen LogP contribution in [-0.4, -0.2) is 52.3 Å². The Kier molecular flexibility index (Phi) is 5.33. The summed E-state index contributed by atoms with van der Waals surface area (Å²) in [6.45, 7) is 3.07. The largest absolute Gasteiger partial charge is 0.352 e. The Balaban J connectivity index is 1.45. The summed E-state index contributed by atoms with van der Waals surface area (Å²) in [5.74, 6) is -0.0879. The fourth-order valence-corrected chi connectivity index (χ4v) is 5.53. The number of rotatable bonds is 6. The van der Waals surface area contributed by atoms with Crippen LogP contribution in [0.15, 0.2) is 54.2 Å². The van der Waals surface area contributed by atoms with Gasteiger partial charge in [-0.1, -0.05) is 12.1 Å². The first kappa shape index (κ1) is 19.5. The number of aromatic nitrogens is 3. The van der Waals surface area contributed by atoms with Crippen LogP contribution in [0.2, 0.25) is 0 Å². The minimum Gasteiger partial charge on any atom is -0.352 e. The minimum atomic E-state index is -3.66. The number of imidazole rings is 1. The summed E-state index contributed by atoms with van der Waals surface area (Å²) in [5.41, 5.74) is 0.824. The summed E-state index contributed by atoms with van der Waals surface area (Å²) < 4.78 is 29.9. The Morgan fingerprint density at radius 3 is 2.93 bits per heavy atom. The summed E-state index contributed by atoms with van der Waals surface area (Å²) in [5, 5.41) is 4.46. The molecule has 8 nitrogen and oxygen atoms in total. The Morgan fingerprint density at radius 1 is 1.28 bits per heavy atom. The quantitative estimate of drug-likeness (QED) is 0.664. The van der Waals surface area contributed by atoms with Gasteiger partial charge in [0.05, 0.1) is 11.2 Å². The van der Waals surface area contributed by atoms with Gasteiger partial charge < -0.3 is 9.88 Å². The van der Waals surface area contributed by atoms with Crippen molar-refractivity contribution in [2.24, 2.45) is 0 Å². The second-order valence-corrected chi connectivity index (χ2v) is 9.18. The number of pyridine rings is 1. The maximum Gasteiger partial charge on any atom is 0.243 e. The van der Waals surface area contributed by atoms with Crippen molar-refractivity contribution < 1.29 is 13.2 Å². The zero-order valence-corrected chi connectivity index (χ0v) is 17.0. The summed E-state index contributed by atoms with van der Waals surface area (Å²) in [6, 6.07) is 5.06. The molecule has 29 heavy (non-hydrogen) atoms. The molecule has 0 unspecified atom stereocenters. The molecule has 1 aromatic carbocycles. The number of sulfonamides is 1. The van der Waals surface area contributed by atoms with Gasteiger partial charge in [0.15, 0.2) is 0 Å². The van der Waals surface area contributed by atoms with Crippen molar-refractivity contribution in [3.05, 3.63) is 54.9 Å². The molecule has 0 bridgehead atoms. The van der Waals surface area contributed by atoms with Crippen LogP contribution in [0.25, 0.3) is 10.8 Å². The van der Waals surface area contributed by atoms with Crippen molar-refractivity contribution in [1.29, 1.82) is 0 Å². The average Bonchev–Trinajstić information content (AvgIpc) is 3.38. The predicted molar refractivity (Wildman–Crippen MR) is 109 cm³/mol. The third-order valence-corrected chi connectivity index (χ3v) is 7.13. The van der Waals surface area contributed by atoms with E-state index in [-0.39, 0.29) is 18.5 Å². The summed E-state index contributed by atoms with van der Waals surface area (Å²) >= 11 is 0. The first-order valence-corrected chi connectivity index (χ1v) is 11.0. The van der Waals surface area contributed by atoms with Gasteiger partial charge in [-0.05, 0) is 25.0 Å². The van der Waals surface area contributed by atoms with Crippen LogP contribution in [0.3, 0.4) is 0 Å². The van der Waals surface area contributed by atoms with E-state index in [2.05, 4.69) is 15.3 Å². The highest BCUT2D eigenvalue weighted by Crippen LogP contribution is 2.29. The van der Waals surface area contributed by atoms with Crippen LogP contribution in [0.1, 0.15) is 18.4 Å². The van der Waals surface area contributed by atoms with Crippen molar-refractivity contribution in [2.75, 3.05) is 13.1 Å². The third-order valence-electron chi connectivity index (χ3n) is 5.22. The van der Waals surface area contributed by atoms with E-state index in [0.29, 0.717) is 36.2 Å². The molecular weight excluding hydrogens is 390 g/mol. The molecule has 152 valence electrons. The van der Waals surface area contributed by atoms with E-state index in [1.54, 1.807) is 43.2 Å². The van der Waals surface area contributed by atoms with Crippen LogP contribution >= 0.6 is 0 Å². The molecule has 1 aliphatic heterocycles. The number of fused-ring (bicyclic) bond motifs is 1. The van der Waals surface area contributed by atoms with Crippen LogP contribution in [0.5, 0.6) is 0 Å². The number of benzene rings is 1. The number of nitrogens with zero attached hydrogens (tertiary/aromatic N) is 4. The normalized spacial score (nSPS) is 17.6. The first-order chi connectivity index (χ1) is 13.9. The van der Waals surface area contributed by atoms with Gasteiger partial charge in [-0.15, -0.1) is 0 Å². The zero-order chi connectivity index (χ0) is 20.4. The van der Waals surface area contributed by atoms with Crippen molar-refractivity contribution >= 4 is 26.7 Å². The van der Waals surface area contributed by atoms with Crippen molar-refractivity contribution in [3.63, 3.8) is 0 Å². The van der Waals surface area contributed by atoms with Gasteiger partial charge in [0.25, 0.3) is 0 Å². The van der Waals surface area contributed by atoms with Gasteiger partial charge in [0, 0.05) is 67.7 Å². The molecule has 3 aromatic rings. The lowest BCUT2D eigenvalue weighted by atomic mass is 10.1. The molecule has 2 aromatic heterocycles. The average molecular weight is 414 g/mol. The molecule has 1 saturated heterocycles. The Hall–Kier alpha value is -2.78. The number of carbonyl (C=O) groups excluding carboxylic acids is 1. The van der Waals surface area contributed by atoms with E-state index in [4.69, 9.17) is 0 Å². The van der Waals surface area contributed by atoms with E-state index in [0.717, 1.165) is 10.9 Å². The monoisotopic (exact) mass is 413 g/mol. The number of aryl methyl sites for hydroxylation is 2.